The summed E-state index contributed by atoms with van der Waals surface area (Å²) in [5.41, 5.74) is 0.115. The van der Waals surface area contributed by atoms with Crippen LogP contribution in [-0.2, 0) is 0 Å². The number of carbonyl (C=O) groups is 1. The van der Waals surface area contributed by atoms with Gasteiger partial charge >= 0.3 is 5.97 Å². The van der Waals surface area contributed by atoms with Crippen molar-refractivity contribution in [2.75, 3.05) is 18.5 Å². The van der Waals surface area contributed by atoms with Crippen LogP contribution < -0.4 is 4.90 Å². The van der Waals surface area contributed by atoms with Gasteiger partial charge in [-0.2, -0.15) is 0 Å². The lowest BCUT2D eigenvalue weighted by atomic mass is 10.2. The molecule has 1 N–H and O–H groups in total. The van der Waals surface area contributed by atoms with Gasteiger partial charge in [-0.15, -0.1) is 12.3 Å². The Labute approximate surface area is 98.9 Å². The minimum absolute atomic E-state index is 0.115. The molecule has 1 aromatic rings. The van der Waals surface area contributed by atoms with Gasteiger partial charge in [0.1, 0.15) is 16.5 Å². The van der Waals surface area contributed by atoms with Crippen molar-refractivity contribution in [3.8, 4) is 12.3 Å². The molecule has 0 saturated carbocycles. The maximum Gasteiger partial charge on any atom is 0.339 e. The summed E-state index contributed by atoms with van der Waals surface area (Å²) in [5.74, 6) is 1.78. The average molecular weight is 239 g/mol. The zero-order valence-corrected chi connectivity index (χ0v) is 9.53. The van der Waals surface area contributed by atoms with E-state index >= 15 is 0 Å². The average Bonchev–Trinajstić information content (AvgIpc) is 2.25. The second-order valence-electron chi connectivity index (χ2n) is 3.19. The number of terminal acetylenes is 1. The van der Waals surface area contributed by atoms with Crippen molar-refractivity contribution in [1.29, 1.82) is 0 Å². The number of rotatable bonds is 4. The third-order valence-electron chi connectivity index (χ3n) is 2.02. The van der Waals surface area contributed by atoms with Gasteiger partial charge in [-0.1, -0.05) is 11.6 Å². The summed E-state index contributed by atoms with van der Waals surface area (Å²) in [7, 11) is 1.72. The highest BCUT2D eigenvalue weighted by Crippen LogP contribution is 2.19. The Bertz CT molecular complexity index is 440. The summed E-state index contributed by atoms with van der Waals surface area (Å²) in [6.07, 6.45) is 5.66. The summed E-state index contributed by atoms with van der Waals surface area (Å²) >= 11 is 5.73. The minimum Gasteiger partial charge on any atom is -0.478 e. The van der Waals surface area contributed by atoms with E-state index in [0.29, 0.717) is 18.8 Å². The largest absolute Gasteiger partial charge is 0.478 e. The molecular weight excluding hydrogens is 228 g/mol. The molecule has 84 valence electrons. The van der Waals surface area contributed by atoms with Gasteiger partial charge in [0.05, 0.1) is 0 Å². The topological polar surface area (TPSA) is 53.4 Å². The number of carboxylic acid groups (broad SMARTS) is 1. The number of carboxylic acids is 1. The smallest absolute Gasteiger partial charge is 0.339 e. The maximum absolute atomic E-state index is 11.0. The molecule has 0 aromatic carbocycles. The predicted molar refractivity (Wildman–Crippen MR) is 62.9 cm³/mol. The van der Waals surface area contributed by atoms with E-state index < -0.39 is 5.97 Å². The van der Waals surface area contributed by atoms with Gasteiger partial charge < -0.3 is 10.0 Å². The van der Waals surface area contributed by atoms with Crippen LogP contribution in [0.3, 0.4) is 0 Å². The molecule has 0 spiro atoms. The first-order chi connectivity index (χ1) is 7.56. The van der Waals surface area contributed by atoms with Crippen molar-refractivity contribution < 1.29 is 9.90 Å². The van der Waals surface area contributed by atoms with Gasteiger partial charge in [0.15, 0.2) is 0 Å². The first kappa shape index (κ1) is 12.3. The first-order valence-electron chi connectivity index (χ1n) is 4.60. The van der Waals surface area contributed by atoms with Gasteiger partial charge in [-0.3, -0.25) is 0 Å². The molecule has 0 aliphatic carbocycles. The Morgan fingerprint density at radius 1 is 1.69 bits per heavy atom. The minimum atomic E-state index is -1.04. The third-order valence-corrected chi connectivity index (χ3v) is 2.24. The summed E-state index contributed by atoms with van der Waals surface area (Å²) in [6, 6.07) is 2.88. The van der Waals surface area contributed by atoms with Gasteiger partial charge in [0, 0.05) is 20.0 Å². The normalized spacial score (nSPS) is 9.56. The molecule has 0 aliphatic heterocycles. The van der Waals surface area contributed by atoms with Crippen LogP contribution in [0.4, 0.5) is 5.82 Å². The van der Waals surface area contributed by atoms with Crippen LogP contribution in [0, 0.1) is 12.3 Å². The Kier molecular flexibility index (Phi) is 4.15. The molecule has 16 heavy (non-hydrogen) atoms. The number of nitrogens with zero attached hydrogens (tertiary/aromatic N) is 2. The molecule has 4 nitrogen and oxygen atoms in total. The molecule has 0 fully saturated rings. The van der Waals surface area contributed by atoms with Gasteiger partial charge in [0.25, 0.3) is 0 Å². The molecule has 0 unspecified atom stereocenters. The van der Waals surface area contributed by atoms with Crippen LogP contribution in [0.1, 0.15) is 16.8 Å². The molecule has 0 atom stereocenters. The van der Waals surface area contributed by atoms with Crippen molar-refractivity contribution in [1.82, 2.24) is 4.98 Å². The molecular formula is C11H11ClN2O2. The van der Waals surface area contributed by atoms with Gasteiger partial charge in [-0.05, 0) is 12.1 Å². The lowest BCUT2D eigenvalue weighted by Gasteiger charge is -2.18. The molecule has 1 rings (SSSR count). The maximum atomic E-state index is 11.0. The summed E-state index contributed by atoms with van der Waals surface area (Å²) in [6.45, 7) is 0.532. The van der Waals surface area contributed by atoms with Crippen molar-refractivity contribution in [2.45, 2.75) is 6.42 Å². The highest BCUT2D eigenvalue weighted by atomic mass is 35.5. The monoisotopic (exact) mass is 238 g/mol. The van der Waals surface area contributed by atoms with Crippen molar-refractivity contribution in [2.24, 2.45) is 0 Å². The predicted octanol–water partition coefficient (Wildman–Crippen LogP) is 1.89. The number of hydrogen-bond donors (Lipinski definition) is 1. The molecule has 0 bridgehead atoms. The molecule has 0 aliphatic rings. The van der Waals surface area contributed by atoms with E-state index in [0.717, 1.165) is 0 Å². The quantitative estimate of drug-likeness (QED) is 0.643. The third kappa shape index (κ3) is 2.88. The van der Waals surface area contributed by atoms with Crippen LogP contribution in [0.15, 0.2) is 12.1 Å². The summed E-state index contributed by atoms with van der Waals surface area (Å²) < 4.78 is 0. The molecule has 1 heterocycles. The lowest BCUT2D eigenvalue weighted by molar-refractivity contribution is 0.0697. The second-order valence-corrected chi connectivity index (χ2v) is 3.57. The molecule has 0 radical (unpaired) electrons. The van der Waals surface area contributed by atoms with Gasteiger partial charge in [-0.25, -0.2) is 9.78 Å². The Balaban J connectivity index is 3.05. The highest BCUT2D eigenvalue weighted by Gasteiger charge is 2.15. The van der Waals surface area contributed by atoms with Crippen LogP contribution in [0.2, 0.25) is 5.15 Å². The number of hydrogen-bond acceptors (Lipinski definition) is 3. The molecule has 5 heteroatoms. The zero-order valence-electron chi connectivity index (χ0n) is 8.77. The zero-order chi connectivity index (χ0) is 12.1. The van der Waals surface area contributed by atoms with Crippen molar-refractivity contribution in [3.05, 3.63) is 22.8 Å². The fraction of sp³-hybridized carbons (Fsp3) is 0.273. The summed E-state index contributed by atoms with van der Waals surface area (Å²) in [4.78, 5) is 16.6. The Hall–Kier alpha value is -1.73. The van der Waals surface area contributed by atoms with E-state index in [9.17, 15) is 4.79 Å². The van der Waals surface area contributed by atoms with E-state index in [1.807, 2.05) is 0 Å². The number of aromatic nitrogens is 1. The van der Waals surface area contributed by atoms with E-state index in [-0.39, 0.29) is 10.7 Å². The Morgan fingerprint density at radius 2 is 2.38 bits per heavy atom. The van der Waals surface area contributed by atoms with Crippen LogP contribution in [0.25, 0.3) is 0 Å². The number of aromatic carboxylic acids is 1. The molecule has 0 amide bonds. The van der Waals surface area contributed by atoms with E-state index in [1.165, 1.54) is 12.1 Å². The number of anilines is 1. The van der Waals surface area contributed by atoms with E-state index in [1.54, 1.807) is 11.9 Å². The Morgan fingerprint density at radius 3 is 2.94 bits per heavy atom. The fourth-order valence-corrected chi connectivity index (χ4v) is 1.36. The summed E-state index contributed by atoms with van der Waals surface area (Å²) in [5, 5.41) is 9.24. The molecule has 1 aromatic heterocycles. The standard InChI is InChI=1S/C11H11ClN2O2/c1-3-4-7-14(2)10-8(11(15)16)5-6-9(12)13-10/h1,5-6H,4,7H2,2H3,(H,15,16). The SMILES string of the molecule is C#CCCN(C)c1nc(Cl)ccc1C(=O)O. The van der Waals surface area contributed by atoms with Gasteiger partial charge in [0.2, 0.25) is 0 Å². The number of halogens is 1. The van der Waals surface area contributed by atoms with Crippen molar-refractivity contribution >= 4 is 23.4 Å². The van der Waals surface area contributed by atoms with Crippen molar-refractivity contribution in [3.63, 3.8) is 0 Å². The fourth-order valence-electron chi connectivity index (χ4n) is 1.22. The van der Waals surface area contributed by atoms with Crippen LogP contribution in [0.5, 0.6) is 0 Å². The second kappa shape index (κ2) is 5.38. The van der Waals surface area contributed by atoms with Crippen LogP contribution in [-0.4, -0.2) is 29.7 Å². The number of pyridine rings is 1. The van der Waals surface area contributed by atoms with Crippen LogP contribution >= 0.6 is 11.6 Å². The van der Waals surface area contributed by atoms with E-state index in [4.69, 9.17) is 23.1 Å². The lowest BCUT2D eigenvalue weighted by Crippen LogP contribution is -2.22. The van der Waals surface area contributed by atoms with E-state index in [2.05, 4.69) is 10.9 Å². The first-order valence-corrected chi connectivity index (χ1v) is 4.98. The molecule has 0 saturated heterocycles. The highest BCUT2D eigenvalue weighted by molar-refractivity contribution is 6.29.